The lowest BCUT2D eigenvalue weighted by Crippen LogP contribution is -2.45. The van der Waals surface area contributed by atoms with E-state index in [0.717, 1.165) is 10.5 Å². The molecule has 6 heteroatoms. The number of hydrogen-bond acceptors (Lipinski definition) is 4. The van der Waals surface area contributed by atoms with Crippen LogP contribution in [0.2, 0.25) is 0 Å². The van der Waals surface area contributed by atoms with Gasteiger partial charge in [0.15, 0.2) is 5.11 Å². The van der Waals surface area contributed by atoms with Crippen molar-refractivity contribution in [1.82, 2.24) is 10.6 Å². The lowest BCUT2D eigenvalue weighted by atomic mass is 10.0. The average Bonchev–Trinajstić information content (AvgIpc) is 2.85. The zero-order chi connectivity index (χ0) is 13.1. The number of thiophene rings is 1. The molecule has 96 valence electrons. The first-order valence-electron chi connectivity index (χ1n) is 5.62. The van der Waals surface area contributed by atoms with E-state index >= 15 is 0 Å². The molecule has 1 atom stereocenters. The molecule has 0 saturated heterocycles. The summed E-state index contributed by atoms with van der Waals surface area (Å²) in [4.78, 5) is 13.0. The molecule has 1 aliphatic heterocycles. The summed E-state index contributed by atoms with van der Waals surface area (Å²) in [5.74, 6) is -0.361. The van der Waals surface area contributed by atoms with Crippen molar-refractivity contribution in [2.45, 2.75) is 19.9 Å². The van der Waals surface area contributed by atoms with E-state index in [4.69, 9.17) is 17.0 Å². The normalized spacial score (nSPS) is 19.2. The van der Waals surface area contributed by atoms with E-state index in [-0.39, 0.29) is 12.0 Å². The molecule has 0 aromatic carbocycles. The van der Waals surface area contributed by atoms with Crippen LogP contribution in [0.3, 0.4) is 0 Å². The Morgan fingerprint density at radius 1 is 1.61 bits per heavy atom. The van der Waals surface area contributed by atoms with Gasteiger partial charge in [0.05, 0.1) is 12.6 Å². The van der Waals surface area contributed by atoms with E-state index in [9.17, 15) is 4.79 Å². The minimum Gasteiger partial charge on any atom is -0.461 e. The Labute approximate surface area is 115 Å². The third-order valence-electron chi connectivity index (χ3n) is 2.65. The SMILES string of the molecule is CCOC(=O)C1=C(C)C(c2cccs2)NC(=S)N1. The zero-order valence-corrected chi connectivity index (χ0v) is 11.8. The van der Waals surface area contributed by atoms with Gasteiger partial charge in [-0.2, -0.15) is 0 Å². The van der Waals surface area contributed by atoms with Gasteiger partial charge in [-0.05, 0) is 43.1 Å². The van der Waals surface area contributed by atoms with Crippen LogP contribution in [0.25, 0.3) is 0 Å². The fourth-order valence-electron chi connectivity index (χ4n) is 1.79. The molecule has 0 bridgehead atoms. The molecule has 0 saturated carbocycles. The molecule has 2 N–H and O–H groups in total. The maximum Gasteiger partial charge on any atom is 0.354 e. The van der Waals surface area contributed by atoms with Crippen molar-refractivity contribution < 1.29 is 9.53 Å². The van der Waals surface area contributed by atoms with E-state index < -0.39 is 0 Å². The Morgan fingerprint density at radius 3 is 3.00 bits per heavy atom. The maximum atomic E-state index is 11.8. The van der Waals surface area contributed by atoms with Gasteiger partial charge in [-0.3, -0.25) is 0 Å². The van der Waals surface area contributed by atoms with Gasteiger partial charge in [0.25, 0.3) is 0 Å². The van der Waals surface area contributed by atoms with Crippen molar-refractivity contribution in [3.8, 4) is 0 Å². The van der Waals surface area contributed by atoms with Crippen LogP contribution in [0.1, 0.15) is 24.8 Å². The summed E-state index contributed by atoms with van der Waals surface area (Å²) < 4.78 is 5.02. The first-order valence-corrected chi connectivity index (χ1v) is 6.91. The fraction of sp³-hybridized carbons (Fsp3) is 0.333. The topological polar surface area (TPSA) is 50.4 Å². The highest BCUT2D eigenvalue weighted by molar-refractivity contribution is 7.80. The van der Waals surface area contributed by atoms with Gasteiger partial charge in [0.2, 0.25) is 0 Å². The second-order valence-electron chi connectivity index (χ2n) is 3.83. The third-order valence-corrected chi connectivity index (χ3v) is 3.81. The number of rotatable bonds is 3. The van der Waals surface area contributed by atoms with E-state index in [1.165, 1.54) is 0 Å². The quantitative estimate of drug-likeness (QED) is 0.657. The van der Waals surface area contributed by atoms with Crippen LogP contribution in [-0.2, 0) is 9.53 Å². The molecule has 2 heterocycles. The number of thiocarbonyl (C=S) groups is 1. The summed E-state index contributed by atoms with van der Waals surface area (Å²) in [6.45, 7) is 4.03. The van der Waals surface area contributed by atoms with Crippen molar-refractivity contribution in [1.29, 1.82) is 0 Å². The van der Waals surface area contributed by atoms with Crippen LogP contribution in [0.4, 0.5) is 0 Å². The van der Waals surface area contributed by atoms with Crippen molar-refractivity contribution in [2.24, 2.45) is 0 Å². The summed E-state index contributed by atoms with van der Waals surface area (Å²) in [7, 11) is 0. The highest BCUT2D eigenvalue weighted by atomic mass is 32.1. The van der Waals surface area contributed by atoms with Gasteiger partial charge >= 0.3 is 5.97 Å². The number of ether oxygens (including phenoxy) is 1. The minimum absolute atomic E-state index is 0.0573. The van der Waals surface area contributed by atoms with E-state index in [1.807, 2.05) is 24.4 Å². The van der Waals surface area contributed by atoms with Gasteiger partial charge in [-0.25, -0.2) is 4.79 Å². The van der Waals surface area contributed by atoms with Gasteiger partial charge in [0, 0.05) is 4.88 Å². The van der Waals surface area contributed by atoms with Crippen LogP contribution in [-0.4, -0.2) is 17.7 Å². The molecular weight excluding hydrogens is 268 g/mol. The predicted molar refractivity (Wildman–Crippen MR) is 75.3 cm³/mol. The molecule has 1 aromatic rings. The Kier molecular flexibility index (Phi) is 3.98. The standard InChI is InChI=1S/C12H14N2O2S2/c1-3-16-11(15)10-7(2)9(13-12(17)14-10)8-5-4-6-18-8/h4-6,9H,3H2,1-2H3,(H2,13,14,17). The van der Waals surface area contributed by atoms with Crippen molar-refractivity contribution in [2.75, 3.05) is 6.61 Å². The van der Waals surface area contributed by atoms with Crippen LogP contribution in [0, 0.1) is 0 Å². The number of hydrogen-bond donors (Lipinski definition) is 2. The van der Waals surface area contributed by atoms with Crippen LogP contribution in [0.15, 0.2) is 28.8 Å². The summed E-state index contributed by atoms with van der Waals surface area (Å²) in [5.41, 5.74) is 1.34. The van der Waals surface area contributed by atoms with Crippen molar-refractivity contribution >= 4 is 34.6 Å². The number of nitrogens with one attached hydrogen (secondary N) is 2. The Morgan fingerprint density at radius 2 is 2.39 bits per heavy atom. The molecule has 1 unspecified atom stereocenters. The first-order chi connectivity index (χ1) is 8.63. The van der Waals surface area contributed by atoms with Gasteiger partial charge in [-0.15, -0.1) is 11.3 Å². The van der Waals surface area contributed by atoms with Crippen LogP contribution < -0.4 is 10.6 Å². The van der Waals surface area contributed by atoms with E-state index in [0.29, 0.717) is 17.4 Å². The summed E-state index contributed by atoms with van der Waals surface area (Å²) in [6.07, 6.45) is 0. The van der Waals surface area contributed by atoms with Gasteiger partial charge < -0.3 is 15.4 Å². The lowest BCUT2D eigenvalue weighted by molar-refractivity contribution is -0.138. The largest absolute Gasteiger partial charge is 0.461 e. The fourth-order valence-corrected chi connectivity index (χ4v) is 2.85. The molecule has 1 aliphatic rings. The monoisotopic (exact) mass is 282 g/mol. The van der Waals surface area contributed by atoms with Gasteiger partial charge in [0.1, 0.15) is 5.70 Å². The molecule has 18 heavy (non-hydrogen) atoms. The Hall–Kier alpha value is -1.40. The summed E-state index contributed by atoms with van der Waals surface area (Å²) in [5, 5.41) is 8.48. The van der Waals surface area contributed by atoms with Crippen LogP contribution >= 0.6 is 23.6 Å². The molecule has 1 aromatic heterocycles. The highest BCUT2D eigenvalue weighted by Gasteiger charge is 2.28. The average molecular weight is 282 g/mol. The van der Waals surface area contributed by atoms with Crippen molar-refractivity contribution in [3.63, 3.8) is 0 Å². The maximum absolute atomic E-state index is 11.8. The summed E-state index contributed by atoms with van der Waals surface area (Å²) in [6, 6.07) is 3.94. The Bertz CT molecular complexity index is 494. The highest BCUT2D eigenvalue weighted by Crippen LogP contribution is 2.29. The lowest BCUT2D eigenvalue weighted by Gasteiger charge is -2.28. The molecule has 0 fully saturated rings. The van der Waals surface area contributed by atoms with E-state index in [2.05, 4.69) is 10.6 Å². The second kappa shape index (κ2) is 5.49. The van der Waals surface area contributed by atoms with Gasteiger partial charge in [-0.1, -0.05) is 6.07 Å². The number of esters is 1. The molecule has 4 nitrogen and oxygen atoms in total. The number of carbonyl (C=O) groups is 1. The first kappa shape index (κ1) is 13.0. The molecular formula is C12H14N2O2S2. The van der Waals surface area contributed by atoms with Crippen LogP contribution in [0.5, 0.6) is 0 Å². The second-order valence-corrected chi connectivity index (χ2v) is 5.21. The molecule has 0 aliphatic carbocycles. The zero-order valence-electron chi connectivity index (χ0n) is 10.1. The molecule has 0 amide bonds. The van der Waals surface area contributed by atoms with E-state index in [1.54, 1.807) is 18.3 Å². The van der Waals surface area contributed by atoms with Crippen molar-refractivity contribution in [3.05, 3.63) is 33.7 Å². The predicted octanol–water partition coefficient (Wildman–Crippen LogP) is 2.10. The number of carbonyl (C=O) groups excluding carboxylic acids is 1. The summed E-state index contributed by atoms with van der Waals surface area (Å²) >= 11 is 6.76. The molecule has 0 radical (unpaired) electrons. The third kappa shape index (κ3) is 2.54. The molecule has 0 spiro atoms. The minimum atomic E-state index is -0.361. The Balaban J connectivity index is 2.34. The smallest absolute Gasteiger partial charge is 0.354 e. The molecule has 2 rings (SSSR count).